The average Bonchev–Trinajstić information content (AvgIpc) is 2.83. The van der Waals surface area contributed by atoms with Crippen molar-refractivity contribution < 1.29 is 18.8 Å². The predicted molar refractivity (Wildman–Crippen MR) is 91.6 cm³/mol. The quantitative estimate of drug-likeness (QED) is 0.775. The molecule has 0 saturated carbocycles. The van der Waals surface area contributed by atoms with Gasteiger partial charge in [0.1, 0.15) is 11.6 Å². The van der Waals surface area contributed by atoms with Gasteiger partial charge in [0.15, 0.2) is 0 Å². The van der Waals surface area contributed by atoms with E-state index in [9.17, 15) is 18.8 Å². The zero-order valence-corrected chi connectivity index (χ0v) is 14.5. The summed E-state index contributed by atoms with van der Waals surface area (Å²) in [6.07, 6.45) is 1.41. The standard InChI is InChI=1S/C17H13BrFN3O3/c18-13-8-10(19)9-20-15(13)21-14(23)6-3-7-22-16(24)11-4-1-2-5-12(11)17(22)25/h1-2,4-5,8-9H,3,6-7H2,(H,20,21,23). The molecule has 128 valence electrons. The molecule has 25 heavy (non-hydrogen) atoms. The zero-order chi connectivity index (χ0) is 18.0. The summed E-state index contributed by atoms with van der Waals surface area (Å²) in [6.45, 7) is 0.151. The van der Waals surface area contributed by atoms with Crippen LogP contribution in [-0.2, 0) is 4.79 Å². The maximum Gasteiger partial charge on any atom is 0.261 e. The maximum absolute atomic E-state index is 13.0. The van der Waals surface area contributed by atoms with Gasteiger partial charge >= 0.3 is 0 Å². The number of fused-ring (bicyclic) bond motifs is 1. The topological polar surface area (TPSA) is 79.4 Å². The second kappa shape index (κ2) is 7.10. The fraction of sp³-hybridized carbons (Fsp3) is 0.176. The third-order valence-electron chi connectivity index (χ3n) is 3.73. The third-order valence-corrected chi connectivity index (χ3v) is 4.33. The summed E-state index contributed by atoms with van der Waals surface area (Å²) >= 11 is 3.12. The van der Waals surface area contributed by atoms with Crippen LogP contribution in [0.25, 0.3) is 0 Å². The number of carbonyl (C=O) groups excluding carboxylic acids is 3. The van der Waals surface area contributed by atoms with Gasteiger partial charge in [-0.2, -0.15) is 0 Å². The molecule has 0 saturated heterocycles. The Morgan fingerprint density at radius 3 is 2.44 bits per heavy atom. The van der Waals surface area contributed by atoms with Crippen LogP contribution in [0.2, 0.25) is 0 Å². The second-order valence-corrected chi connectivity index (χ2v) is 6.30. The molecule has 1 aliphatic rings. The van der Waals surface area contributed by atoms with Crippen LogP contribution in [0.1, 0.15) is 33.6 Å². The molecule has 1 aliphatic heterocycles. The van der Waals surface area contributed by atoms with Gasteiger partial charge in [-0.15, -0.1) is 0 Å². The highest BCUT2D eigenvalue weighted by Crippen LogP contribution is 2.23. The fourth-order valence-electron chi connectivity index (χ4n) is 2.54. The summed E-state index contributed by atoms with van der Waals surface area (Å²) in [5.41, 5.74) is 0.771. The van der Waals surface area contributed by atoms with Crippen LogP contribution >= 0.6 is 15.9 Å². The largest absolute Gasteiger partial charge is 0.310 e. The number of hydrogen-bond donors (Lipinski definition) is 1. The molecule has 2 aromatic rings. The number of nitrogens with zero attached hydrogens (tertiary/aromatic N) is 2. The van der Waals surface area contributed by atoms with E-state index in [4.69, 9.17) is 0 Å². The van der Waals surface area contributed by atoms with Crippen molar-refractivity contribution in [2.24, 2.45) is 0 Å². The molecular weight excluding hydrogens is 393 g/mol. The Balaban J connectivity index is 1.54. The highest BCUT2D eigenvalue weighted by molar-refractivity contribution is 9.10. The first-order valence-electron chi connectivity index (χ1n) is 7.53. The molecular formula is C17H13BrFN3O3. The van der Waals surface area contributed by atoms with E-state index >= 15 is 0 Å². The Bertz CT molecular complexity index is 837. The molecule has 1 aromatic heterocycles. The normalized spacial score (nSPS) is 13.1. The van der Waals surface area contributed by atoms with Gasteiger partial charge in [0.25, 0.3) is 11.8 Å². The van der Waals surface area contributed by atoms with E-state index in [2.05, 4.69) is 26.2 Å². The predicted octanol–water partition coefficient (Wildman–Crippen LogP) is 3.00. The van der Waals surface area contributed by atoms with Gasteiger partial charge in [-0.3, -0.25) is 19.3 Å². The number of halogens is 2. The van der Waals surface area contributed by atoms with Gasteiger partial charge in [-0.05, 0) is 40.5 Å². The van der Waals surface area contributed by atoms with Crippen LogP contribution in [0.15, 0.2) is 41.0 Å². The van der Waals surface area contributed by atoms with E-state index in [0.29, 0.717) is 22.0 Å². The SMILES string of the molecule is O=C(CCCN1C(=O)c2ccccc2C1=O)Nc1ncc(F)cc1Br. The molecule has 6 nitrogen and oxygen atoms in total. The Hall–Kier alpha value is -2.61. The lowest BCUT2D eigenvalue weighted by atomic mass is 10.1. The maximum atomic E-state index is 13.0. The van der Waals surface area contributed by atoms with Crippen molar-refractivity contribution in [3.63, 3.8) is 0 Å². The van der Waals surface area contributed by atoms with E-state index in [1.807, 2.05) is 0 Å². The van der Waals surface area contributed by atoms with Crippen molar-refractivity contribution in [2.45, 2.75) is 12.8 Å². The van der Waals surface area contributed by atoms with Crippen molar-refractivity contribution >= 4 is 39.5 Å². The van der Waals surface area contributed by atoms with Crippen LogP contribution < -0.4 is 5.32 Å². The van der Waals surface area contributed by atoms with E-state index in [-0.39, 0.29) is 36.5 Å². The number of benzene rings is 1. The average molecular weight is 406 g/mol. The van der Waals surface area contributed by atoms with Crippen LogP contribution in [-0.4, -0.2) is 34.2 Å². The van der Waals surface area contributed by atoms with E-state index in [0.717, 1.165) is 11.1 Å². The molecule has 3 amide bonds. The molecule has 0 aliphatic carbocycles. The van der Waals surface area contributed by atoms with Gasteiger partial charge in [0, 0.05) is 13.0 Å². The molecule has 0 unspecified atom stereocenters. The summed E-state index contributed by atoms with van der Waals surface area (Å²) < 4.78 is 13.3. The number of carbonyl (C=O) groups is 3. The summed E-state index contributed by atoms with van der Waals surface area (Å²) in [7, 11) is 0. The number of rotatable bonds is 5. The van der Waals surface area contributed by atoms with Crippen LogP contribution in [0.5, 0.6) is 0 Å². The lowest BCUT2D eigenvalue weighted by Crippen LogP contribution is -2.31. The highest BCUT2D eigenvalue weighted by atomic mass is 79.9. The minimum Gasteiger partial charge on any atom is -0.310 e. The van der Waals surface area contributed by atoms with Gasteiger partial charge in [0.05, 0.1) is 21.8 Å². The number of nitrogens with one attached hydrogen (secondary N) is 1. The smallest absolute Gasteiger partial charge is 0.261 e. The van der Waals surface area contributed by atoms with Crippen molar-refractivity contribution in [3.8, 4) is 0 Å². The lowest BCUT2D eigenvalue weighted by molar-refractivity contribution is -0.116. The number of amides is 3. The Labute approximate surface area is 151 Å². The molecule has 1 aromatic carbocycles. The molecule has 0 atom stereocenters. The Kier molecular flexibility index (Phi) is 4.89. The number of hydrogen-bond acceptors (Lipinski definition) is 4. The molecule has 3 rings (SSSR count). The van der Waals surface area contributed by atoms with Crippen molar-refractivity contribution in [2.75, 3.05) is 11.9 Å². The van der Waals surface area contributed by atoms with E-state index in [1.165, 1.54) is 6.07 Å². The summed E-state index contributed by atoms with van der Waals surface area (Å²) in [5.74, 6) is -1.33. The molecule has 0 bridgehead atoms. The Morgan fingerprint density at radius 2 is 1.84 bits per heavy atom. The first-order chi connectivity index (χ1) is 12.0. The molecule has 8 heteroatoms. The summed E-state index contributed by atoms with van der Waals surface area (Å²) in [4.78, 5) is 41.3. The first kappa shape index (κ1) is 17.2. The number of anilines is 1. The monoisotopic (exact) mass is 405 g/mol. The zero-order valence-electron chi connectivity index (χ0n) is 13.0. The highest BCUT2D eigenvalue weighted by Gasteiger charge is 2.34. The summed E-state index contributed by atoms with van der Waals surface area (Å²) in [6, 6.07) is 7.82. The molecule has 0 spiro atoms. The molecule has 0 fully saturated rings. The Morgan fingerprint density at radius 1 is 1.20 bits per heavy atom. The second-order valence-electron chi connectivity index (χ2n) is 5.44. The molecule has 2 heterocycles. The van der Waals surface area contributed by atoms with Gasteiger partial charge in [-0.25, -0.2) is 9.37 Å². The van der Waals surface area contributed by atoms with Crippen LogP contribution in [0.3, 0.4) is 0 Å². The minimum absolute atomic E-state index is 0.0961. The number of imide groups is 1. The van der Waals surface area contributed by atoms with Gasteiger partial charge in [0.2, 0.25) is 5.91 Å². The third kappa shape index (κ3) is 3.58. The van der Waals surface area contributed by atoms with Gasteiger partial charge < -0.3 is 5.32 Å². The minimum atomic E-state index is -0.518. The molecule has 1 N–H and O–H groups in total. The van der Waals surface area contributed by atoms with Gasteiger partial charge in [-0.1, -0.05) is 12.1 Å². The first-order valence-corrected chi connectivity index (χ1v) is 8.33. The van der Waals surface area contributed by atoms with Crippen LogP contribution in [0.4, 0.5) is 10.2 Å². The van der Waals surface area contributed by atoms with E-state index < -0.39 is 5.82 Å². The summed E-state index contributed by atoms with van der Waals surface area (Å²) in [5, 5.41) is 2.55. The van der Waals surface area contributed by atoms with Crippen molar-refractivity contribution in [1.29, 1.82) is 0 Å². The van der Waals surface area contributed by atoms with Crippen molar-refractivity contribution in [1.82, 2.24) is 9.88 Å². The number of aromatic nitrogens is 1. The molecule has 0 radical (unpaired) electrons. The van der Waals surface area contributed by atoms with Crippen molar-refractivity contribution in [3.05, 3.63) is 57.9 Å². The number of pyridine rings is 1. The lowest BCUT2D eigenvalue weighted by Gasteiger charge is -2.13. The van der Waals surface area contributed by atoms with E-state index in [1.54, 1.807) is 24.3 Å². The van der Waals surface area contributed by atoms with Crippen LogP contribution in [0, 0.1) is 5.82 Å². The fourth-order valence-corrected chi connectivity index (χ4v) is 2.96.